The molecule has 0 heterocycles. The van der Waals surface area contributed by atoms with Gasteiger partial charge in [-0.2, -0.15) is 0 Å². The summed E-state index contributed by atoms with van der Waals surface area (Å²) >= 11 is 0. The number of hydrogen-bond donors (Lipinski definition) is 2. The van der Waals surface area contributed by atoms with Crippen LogP contribution in [0.25, 0.3) is 0 Å². The molecule has 17 heavy (non-hydrogen) atoms. The van der Waals surface area contributed by atoms with E-state index in [1.165, 1.54) is 0 Å². The molecule has 1 aromatic rings. The first kappa shape index (κ1) is 14.0. The van der Waals surface area contributed by atoms with Gasteiger partial charge in [-0.15, -0.1) is 0 Å². The minimum absolute atomic E-state index is 0.449. The molecule has 96 valence electrons. The van der Waals surface area contributed by atoms with Gasteiger partial charge in [-0.05, 0) is 26.3 Å². The maximum Gasteiger partial charge on any atom is 0.0807 e. The molecule has 3 heteroatoms. The van der Waals surface area contributed by atoms with Crippen molar-refractivity contribution in [2.45, 2.75) is 38.9 Å². The van der Waals surface area contributed by atoms with E-state index in [4.69, 9.17) is 0 Å². The average molecular weight is 237 g/mol. The Morgan fingerprint density at radius 1 is 1.29 bits per heavy atom. The summed E-state index contributed by atoms with van der Waals surface area (Å²) in [5.41, 5.74) is 1.14. The molecule has 0 unspecified atom stereocenters. The van der Waals surface area contributed by atoms with Crippen molar-refractivity contribution in [1.82, 2.24) is 0 Å². The largest absolute Gasteiger partial charge is 0.389 e. The van der Waals surface area contributed by atoms with Crippen molar-refractivity contribution in [3.63, 3.8) is 0 Å². The van der Waals surface area contributed by atoms with Crippen LogP contribution >= 0.6 is 0 Å². The quantitative estimate of drug-likeness (QED) is 0.826. The second kappa shape index (κ2) is 5.52. The second-order valence-electron chi connectivity index (χ2n) is 5.15. The fourth-order valence-corrected chi connectivity index (χ4v) is 2.00. The maximum atomic E-state index is 9.97. The number of benzene rings is 1. The van der Waals surface area contributed by atoms with Gasteiger partial charge in [-0.1, -0.05) is 25.1 Å². The number of aliphatic hydroxyl groups is 2. The molecule has 0 amide bonds. The Morgan fingerprint density at radius 3 is 2.41 bits per heavy atom. The molecule has 0 saturated carbocycles. The van der Waals surface area contributed by atoms with Gasteiger partial charge in [0.15, 0.2) is 0 Å². The van der Waals surface area contributed by atoms with E-state index in [1.807, 2.05) is 43.1 Å². The third-order valence-corrected chi connectivity index (χ3v) is 2.72. The number of rotatable bonds is 5. The number of para-hydroxylation sites is 1. The van der Waals surface area contributed by atoms with Gasteiger partial charge < -0.3 is 15.1 Å². The summed E-state index contributed by atoms with van der Waals surface area (Å²) in [7, 11) is 1.93. The van der Waals surface area contributed by atoms with Gasteiger partial charge in [0.25, 0.3) is 0 Å². The molecule has 0 spiro atoms. The number of aliphatic hydroxyl groups excluding tert-OH is 1. The predicted molar refractivity (Wildman–Crippen MR) is 71.3 cm³/mol. The third kappa shape index (κ3) is 4.02. The lowest BCUT2D eigenvalue weighted by Gasteiger charge is -2.29. The Kier molecular flexibility index (Phi) is 4.54. The van der Waals surface area contributed by atoms with Crippen molar-refractivity contribution in [3.05, 3.63) is 29.8 Å². The molecule has 0 fully saturated rings. The fourth-order valence-electron chi connectivity index (χ4n) is 2.00. The lowest BCUT2D eigenvalue weighted by molar-refractivity contribution is 0.0883. The molecule has 1 aromatic carbocycles. The van der Waals surface area contributed by atoms with E-state index < -0.39 is 11.7 Å². The Morgan fingerprint density at radius 2 is 1.88 bits per heavy atom. The highest BCUT2D eigenvalue weighted by Gasteiger charge is 2.19. The normalized spacial score (nSPS) is 13.5. The van der Waals surface area contributed by atoms with E-state index >= 15 is 0 Å². The minimum atomic E-state index is -0.751. The second-order valence-corrected chi connectivity index (χ2v) is 5.15. The highest BCUT2D eigenvalue weighted by Crippen LogP contribution is 2.28. The lowest BCUT2D eigenvalue weighted by atomic mass is 10.0. The molecular formula is C14H23NO2. The van der Waals surface area contributed by atoms with Gasteiger partial charge in [0.2, 0.25) is 0 Å². The zero-order valence-electron chi connectivity index (χ0n) is 11.1. The molecule has 0 bridgehead atoms. The molecule has 0 radical (unpaired) electrons. The highest BCUT2D eigenvalue weighted by atomic mass is 16.3. The molecule has 3 nitrogen and oxygen atoms in total. The topological polar surface area (TPSA) is 43.7 Å². The Bertz CT molecular complexity index is 357. The zero-order valence-corrected chi connectivity index (χ0v) is 11.1. The van der Waals surface area contributed by atoms with E-state index in [9.17, 15) is 10.2 Å². The molecular weight excluding hydrogens is 214 g/mol. The van der Waals surface area contributed by atoms with Crippen LogP contribution < -0.4 is 4.90 Å². The van der Waals surface area contributed by atoms with E-state index in [-0.39, 0.29) is 0 Å². The van der Waals surface area contributed by atoms with Crippen LogP contribution in [0.2, 0.25) is 0 Å². The number of hydrogen-bond acceptors (Lipinski definition) is 3. The van der Waals surface area contributed by atoms with Crippen molar-refractivity contribution in [2.75, 3.05) is 18.5 Å². The zero-order chi connectivity index (χ0) is 13.1. The SMILES string of the molecule is CC[C@@H](O)c1ccccc1N(C)CC(C)(C)O. The van der Waals surface area contributed by atoms with Crippen LogP contribution in [-0.4, -0.2) is 29.4 Å². The Balaban J connectivity index is 2.97. The number of anilines is 1. The van der Waals surface area contributed by atoms with Crippen molar-refractivity contribution >= 4 is 5.69 Å². The van der Waals surface area contributed by atoms with Crippen molar-refractivity contribution in [1.29, 1.82) is 0 Å². The molecule has 0 aliphatic rings. The first-order chi connectivity index (χ1) is 7.85. The number of nitrogens with zero attached hydrogens (tertiary/aromatic N) is 1. The van der Waals surface area contributed by atoms with Crippen LogP contribution in [0.3, 0.4) is 0 Å². The van der Waals surface area contributed by atoms with Gasteiger partial charge in [-0.25, -0.2) is 0 Å². The fraction of sp³-hybridized carbons (Fsp3) is 0.571. The third-order valence-electron chi connectivity index (χ3n) is 2.72. The predicted octanol–water partition coefficient (Wildman–Crippen LogP) is 2.34. The van der Waals surface area contributed by atoms with Crippen LogP contribution in [0.4, 0.5) is 5.69 Å². The van der Waals surface area contributed by atoms with Gasteiger partial charge >= 0.3 is 0 Å². The minimum Gasteiger partial charge on any atom is -0.389 e. The summed E-state index contributed by atoms with van der Waals surface area (Å²) < 4.78 is 0. The Labute approximate surface area is 104 Å². The highest BCUT2D eigenvalue weighted by molar-refractivity contribution is 5.54. The summed E-state index contributed by atoms with van der Waals surface area (Å²) in [6, 6.07) is 7.78. The molecule has 1 rings (SSSR count). The van der Waals surface area contributed by atoms with Crippen molar-refractivity contribution < 1.29 is 10.2 Å². The van der Waals surface area contributed by atoms with Gasteiger partial charge in [0.05, 0.1) is 11.7 Å². The van der Waals surface area contributed by atoms with Gasteiger partial charge in [0, 0.05) is 24.8 Å². The van der Waals surface area contributed by atoms with Crippen LogP contribution in [0.15, 0.2) is 24.3 Å². The molecule has 0 aliphatic carbocycles. The summed E-state index contributed by atoms with van der Waals surface area (Å²) in [6.45, 7) is 6.04. The lowest BCUT2D eigenvalue weighted by Crippen LogP contribution is -2.36. The van der Waals surface area contributed by atoms with Crippen LogP contribution in [0, 0.1) is 0 Å². The van der Waals surface area contributed by atoms with E-state index in [2.05, 4.69) is 0 Å². The summed E-state index contributed by atoms with van der Waals surface area (Å²) in [6.07, 6.45) is 0.239. The molecule has 2 N–H and O–H groups in total. The van der Waals surface area contributed by atoms with Crippen LogP contribution in [0.1, 0.15) is 38.9 Å². The van der Waals surface area contributed by atoms with Crippen LogP contribution in [0.5, 0.6) is 0 Å². The Hall–Kier alpha value is -1.06. The molecule has 1 atom stereocenters. The van der Waals surface area contributed by atoms with Crippen molar-refractivity contribution in [3.8, 4) is 0 Å². The smallest absolute Gasteiger partial charge is 0.0807 e. The van der Waals surface area contributed by atoms with E-state index in [0.717, 1.165) is 11.3 Å². The first-order valence-corrected chi connectivity index (χ1v) is 6.05. The van der Waals surface area contributed by atoms with Gasteiger partial charge in [-0.3, -0.25) is 0 Å². The average Bonchev–Trinajstić information content (AvgIpc) is 2.25. The molecule has 0 aromatic heterocycles. The monoisotopic (exact) mass is 237 g/mol. The summed E-state index contributed by atoms with van der Waals surface area (Å²) in [4.78, 5) is 1.98. The van der Waals surface area contributed by atoms with Gasteiger partial charge in [0.1, 0.15) is 0 Å². The molecule has 0 aliphatic heterocycles. The molecule has 0 saturated heterocycles. The maximum absolute atomic E-state index is 9.97. The summed E-state index contributed by atoms with van der Waals surface area (Å²) in [5, 5.41) is 19.8. The first-order valence-electron chi connectivity index (χ1n) is 6.05. The van der Waals surface area contributed by atoms with Crippen LogP contribution in [-0.2, 0) is 0 Å². The van der Waals surface area contributed by atoms with E-state index in [0.29, 0.717) is 13.0 Å². The van der Waals surface area contributed by atoms with E-state index in [1.54, 1.807) is 13.8 Å². The summed E-state index contributed by atoms with van der Waals surface area (Å²) in [5.74, 6) is 0. The van der Waals surface area contributed by atoms with Crippen molar-refractivity contribution in [2.24, 2.45) is 0 Å². The standard InChI is InChI=1S/C14H23NO2/c1-5-13(16)11-8-6-7-9-12(11)15(4)10-14(2,3)17/h6-9,13,16-17H,5,10H2,1-4H3/t13-/m1/s1. The number of likely N-dealkylation sites (N-methyl/N-ethyl adjacent to an activating group) is 1.